The highest BCUT2D eigenvalue weighted by Crippen LogP contribution is 2.14. The quantitative estimate of drug-likeness (QED) is 0.711. The summed E-state index contributed by atoms with van der Waals surface area (Å²) in [5, 5.41) is 7.85. The molecule has 1 N–H and O–H groups in total. The Morgan fingerprint density at radius 2 is 1.80 bits per heavy atom. The third-order valence-corrected chi connectivity index (χ3v) is 5.35. The highest BCUT2D eigenvalue weighted by molar-refractivity contribution is 7.92. The molecule has 5 heteroatoms. The molecule has 0 aliphatic carbocycles. The van der Waals surface area contributed by atoms with Crippen molar-refractivity contribution in [2.45, 2.75) is 44.3 Å². The molecule has 0 aliphatic rings. The van der Waals surface area contributed by atoms with Crippen LogP contribution in [0.3, 0.4) is 0 Å². The lowest BCUT2D eigenvalue weighted by Gasteiger charge is -2.13. The Labute approximate surface area is 120 Å². The van der Waals surface area contributed by atoms with Crippen molar-refractivity contribution in [3.8, 4) is 0 Å². The predicted molar refractivity (Wildman–Crippen MR) is 79.5 cm³/mol. The van der Waals surface area contributed by atoms with Crippen LogP contribution in [0.25, 0.3) is 0 Å². The SMILES string of the molecule is CCCCCCS(=O)(=O)C(Cc1ccccc1)C(=O)O. The van der Waals surface area contributed by atoms with Crippen molar-refractivity contribution in [3.63, 3.8) is 0 Å². The van der Waals surface area contributed by atoms with Gasteiger partial charge in [0.15, 0.2) is 15.1 Å². The van der Waals surface area contributed by atoms with Crippen molar-refractivity contribution in [3.05, 3.63) is 35.9 Å². The van der Waals surface area contributed by atoms with Crippen LogP contribution in [0.5, 0.6) is 0 Å². The van der Waals surface area contributed by atoms with Crippen LogP contribution < -0.4 is 0 Å². The van der Waals surface area contributed by atoms with Crippen molar-refractivity contribution in [2.75, 3.05) is 5.75 Å². The van der Waals surface area contributed by atoms with Gasteiger partial charge in [0.2, 0.25) is 0 Å². The first-order valence-corrected chi connectivity index (χ1v) is 8.67. The molecule has 0 saturated heterocycles. The van der Waals surface area contributed by atoms with Crippen LogP contribution in [0.1, 0.15) is 38.2 Å². The fraction of sp³-hybridized carbons (Fsp3) is 0.533. The Morgan fingerprint density at radius 3 is 2.35 bits per heavy atom. The maximum absolute atomic E-state index is 12.2. The zero-order chi connectivity index (χ0) is 15.0. The summed E-state index contributed by atoms with van der Waals surface area (Å²) in [6, 6.07) is 8.88. The minimum Gasteiger partial charge on any atom is -0.480 e. The lowest BCUT2D eigenvalue weighted by Crippen LogP contribution is -2.34. The number of carboxylic acids is 1. The van der Waals surface area contributed by atoms with Gasteiger partial charge in [-0.3, -0.25) is 4.79 Å². The minimum atomic E-state index is -3.60. The first kappa shape index (κ1) is 16.7. The van der Waals surface area contributed by atoms with Crippen molar-refractivity contribution >= 4 is 15.8 Å². The van der Waals surface area contributed by atoms with Crippen LogP contribution >= 0.6 is 0 Å². The van der Waals surface area contributed by atoms with Crippen LogP contribution in [0, 0.1) is 0 Å². The summed E-state index contributed by atoms with van der Waals surface area (Å²) in [7, 11) is -3.60. The van der Waals surface area contributed by atoms with Crippen molar-refractivity contribution < 1.29 is 18.3 Å². The average Bonchev–Trinajstić information content (AvgIpc) is 2.42. The number of hydrogen-bond acceptors (Lipinski definition) is 3. The molecule has 4 nitrogen and oxygen atoms in total. The number of unbranched alkanes of at least 4 members (excludes halogenated alkanes) is 3. The molecule has 1 aromatic rings. The summed E-state index contributed by atoms with van der Waals surface area (Å²) >= 11 is 0. The lowest BCUT2D eigenvalue weighted by atomic mass is 10.1. The van der Waals surface area contributed by atoms with E-state index in [1.54, 1.807) is 24.3 Å². The third kappa shape index (κ3) is 5.33. The van der Waals surface area contributed by atoms with Crippen LogP contribution in [-0.4, -0.2) is 30.5 Å². The minimum absolute atomic E-state index is 0.0340. The molecule has 0 aliphatic heterocycles. The molecule has 0 radical (unpaired) electrons. The second-order valence-corrected chi connectivity index (χ2v) is 7.25. The van der Waals surface area contributed by atoms with E-state index in [1.807, 2.05) is 13.0 Å². The fourth-order valence-corrected chi connectivity index (χ4v) is 3.71. The zero-order valence-corrected chi connectivity index (χ0v) is 12.6. The Kier molecular flexibility index (Phi) is 6.71. The number of carboxylic acid groups (broad SMARTS) is 1. The zero-order valence-electron chi connectivity index (χ0n) is 11.8. The van der Waals surface area contributed by atoms with E-state index in [4.69, 9.17) is 0 Å². The summed E-state index contributed by atoms with van der Waals surface area (Å²) in [5.41, 5.74) is 0.733. The van der Waals surface area contributed by atoms with Crippen molar-refractivity contribution in [2.24, 2.45) is 0 Å². The smallest absolute Gasteiger partial charge is 0.322 e. The van der Waals surface area contributed by atoms with E-state index >= 15 is 0 Å². The Bertz CT molecular complexity index is 508. The number of aliphatic carboxylic acids is 1. The molecule has 1 atom stereocenters. The van der Waals surface area contributed by atoms with Crippen LogP contribution in [0.4, 0.5) is 0 Å². The summed E-state index contributed by atoms with van der Waals surface area (Å²) in [5.74, 6) is -1.30. The standard InChI is InChI=1S/C15H22O4S/c1-2-3-4-8-11-20(18,19)14(15(16)17)12-13-9-6-5-7-10-13/h5-7,9-10,14H,2-4,8,11-12H2,1H3,(H,16,17). The molecule has 1 aromatic carbocycles. The van der Waals surface area contributed by atoms with E-state index < -0.39 is 21.1 Å². The lowest BCUT2D eigenvalue weighted by molar-refractivity contribution is -0.136. The monoisotopic (exact) mass is 298 g/mol. The third-order valence-electron chi connectivity index (χ3n) is 3.26. The van der Waals surface area contributed by atoms with Crippen molar-refractivity contribution in [1.29, 1.82) is 0 Å². The number of sulfone groups is 1. The van der Waals surface area contributed by atoms with E-state index in [-0.39, 0.29) is 12.2 Å². The molecule has 112 valence electrons. The Balaban J connectivity index is 2.72. The first-order valence-electron chi connectivity index (χ1n) is 6.95. The molecular weight excluding hydrogens is 276 g/mol. The molecule has 0 aromatic heterocycles. The summed E-state index contributed by atoms with van der Waals surface area (Å²) in [4.78, 5) is 11.3. The number of benzene rings is 1. The van der Waals surface area contributed by atoms with E-state index in [9.17, 15) is 18.3 Å². The van der Waals surface area contributed by atoms with Gasteiger partial charge in [0.05, 0.1) is 5.75 Å². The molecule has 0 amide bonds. The van der Waals surface area contributed by atoms with E-state index in [0.717, 1.165) is 24.8 Å². The van der Waals surface area contributed by atoms with Crippen LogP contribution in [-0.2, 0) is 21.1 Å². The Morgan fingerprint density at radius 1 is 1.15 bits per heavy atom. The maximum atomic E-state index is 12.2. The van der Waals surface area contributed by atoms with Gasteiger partial charge < -0.3 is 5.11 Å². The van der Waals surface area contributed by atoms with E-state index in [0.29, 0.717) is 6.42 Å². The molecule has 0 bridgehead atoms. The van der Waals surface area contributed by atoms with Gasteiger partial charge in [0.25, 0.3) is 0 Å². The Hall–Kier alpha value is -1.36. The molecule has 20 heavy (non-hydrogen) atoms. The number of carbonyl (C=O) groups is 1. The normalized spacial score (nSPS) is 13.1. The second kappa shape index (κ2) is 8.04. The van der Waals surface area contributed by atoms with Gasteiger partial charge in [0.1, 0.15) is 0 Å². The molecule has 1 unspecified atom stereocenters. The predicted octanol–water partition coefficient (Wildman–Crippen LogP) is 2.68. The molecular formula is C15H22O4S. The second-order valence-electron chi connectivity index (χ2n) is 4.94. The van der Waals surface area contributed by atoms with Gasteiger partial charge in [-0.15, -0.1) is 0 Å². The van der Waals surface area contributed by atoms with Crippen molar-refractivity contribution in [1.82, 2.24) is 0 Å². The van der Waals surface area contributed by atoms with Gasteiger partial charge in [-0.05, 0) is 18.4 Å². The van der Waals surface area contributed by atoms with Gasteiger partial charge in [0, 0.05) is 0 Å². The largest absolute Gasteiger partial charge is 0.480 e. The van der Waals surface area contributed by atoms with Crippen LogP contribution in [0.15, 0.2) is 30.3 Å². The summed E-state index contributed by atoms with van der Waals surface area (Å²) < 4.78 is 24.3. The number of rotatable bonds is 9. The maximum Gasteiger partial charge on any atom is 0.322 e. The highest BCUT2D eigenvalue weighted by Gasteiger charge is 2.31. The highest BCUT2D eigenvalue weighted by atomic mass is 32.2. The molecule has 0 saturated carbocycles. The summed E-state index contributed by atoms with van der Waals surface area (Å²) in [6.45, 7) is 2.05. The number of hydrogen-bond donors (Lipinski definition) is 1. The fourth-order valence-electron chi connectivity index (χ4n) is 2.07. The molecule has 0 heterocycles. The molecule has 0 spiro atoms. The van der Waals surface area contributed by atoms with Gasteiger partial charge >= 0.3 is 5.97 Å². The van der Waals surface area contributed by atoms with E-state index in [2.05, 4.69) is 0 Å². The first-order chi connectivity index (χ1) is 9.47. The molecule has 0 fully saturated rings. The van der Waals surface area contributed by atoms with Gasteiger partial charge in [-0.25, -0.2) is 8.42 Å². The topological polar surface area (TPSA) is 71.4 Å². The average molecular weight is 298 g/mol. The van der Waals surface area contributed by atoms with Gasteiger partial charge in [-0.2, -0.15) is 0 Å². The van der Waals surface area contributed by atoms with Gasteiger partial charge in [-0.1, -0.05) is 56.5 Å². The van der Waals surface area contributed by atoms with E-state index in [1.165, 1.54) is 0 Å². The summed E-state index contributed by atoms with van der Waals surface area (Å²) in [6.07, 6.45) is 3.40. The molecule has 1 rings (SSSR count). The van der Waals surface area contributed by atoms with Crippen LogP contribution in [0.2, 0.25) is 0 Å².